The zero-order chi connectivity index (χ0) is 32.6. The van der Waals surface area contributed by atoms with Gasteiger partial charge in [0.1, 0.15) is 24.3 Å². The Labute approximate surface area is 259 Å². The maximum Gasteiger partial charge on any atom is 0.408 e. The highest BCUT2D eigenvalue weighted by Gasteiger charge is 2.27. The second-order valence-corrected chi connectivity index (χ2v) is 10.1. The summed E-state index contributed by atoms with van der Waals surface area (Å²) in [7, 11) is 0. The van der Waals surface area contributed by atoms with Gasteiger partial charge in [0.2, 0.25) is 11.8 Å². The van der Waals surface area contributed by atoms with Gasteiger partial charge in [0.25, 0.3) is 0 Å². The molecule has 0 bridgehead atoms. The minimum Gasteiger partial charge on any atom is -0.445 e. The number of ether oxygens (including phenoxy) is 1. The van der Waals surface area contributed by atoms with Crippen molar-refractivity contribution in [2.45, 2.75) is 50.9 Å². The van der Waals surface area contributed by atoms with Crippen LogP contribution in [0.3, 0.4) is 0 Å². The third-order valence-electron chi connectivity index (χ3n) is 6.59. The maximum absolute atomic E-state index is 13.4. The van der Waals surface area contributed by atoms with Gasteiger partial charge in [0.15, 0.2) is 11.9 Å². The molecule has 15 heteroatoms. The molecule has 3 aromatic rings. The van der Waals surface area contributed by atoms with E-state index in [1.807, 2.05) is 6.07 Å². The molecule has 0 fully saturated rings. The molecular formula is C30H39N9O6. The Bertz CT molecular complexity index is 1530. The van der Waals surface area contributed by atoms with Crippen LogP contribution >= 0.6 is 0 Å². The molecule has 2 atom stereocenters. The van der Waals surface area contributed by atoms with Crippen LogP contribution in [0.15, 0.2) is 69.9 Å². The lowest BCUT2D eigenvalue weighted by atomic mass is 10.1. The smallest absolute Gasteiger partial charge is 0.408 e. The third-order valence-corrected chi connectivity index (χ3v) is 6.59. The Kier molecular flexibility index (Phi) is 13.2. The Morgan fingerprint density at radius 2 is 1.40 bits per heavy atom. The molecule has 2 unspecified atom stereocenters. The number of para-hydroxylation sites is 1. The molecule has 0 aliphatic rings. The van der Waals surface area contributed by atoms with Crippen molar-refractivity contribution in [3.8, 4) is 0 Å². The molecule has 15 nitrogen and oxygen atoms in total. The van der Waals surface area contributed by atoms with Gasteiger partial charge in [-0.2, -0.15) is 0 Å². The average Bonchev–Trinajstić information content (AvgIpc) is 3.01. The minimum atomic E-state index is -1.08. The molecule has 0 saturated heterocycles. The normalized spacial score (nSPS) is 11.9. The van der Waals surface area contributed by atoms with Gasteiger partial charge in [-0.25, -0.2) is 9.59 Å². The van der Waals surface area contributed by atoms with E-state index in [4.69, 9.17) is 31.4 Å². The first-order valence-electron chi connectivity index (χ1n) is 14.3. The van der Waals surface area contributed by atoms with Crippen LogP contribution in [0.2, 0.25) is 0 Å². The molecular weight excluding hydrogens is 582 g/mol. The first-order valence-corrected chi connectivity index (χ1v) is 14.3. The van der Waals surface area contributed by atoms with Crippen molar-refractivity contribution < 1.29 is 23.5 Å². The number of carbonyl (C=O) groups is 3. The van der Waals surface area contributed by atoms with Crippen molar-refractivity contribution in [3.05, 3.63) is 82.2 Å². The number of nitrogens with one attached hydrogen (secondary N) is 7. The number of nitrogens with two attached hydrogens (primary N) is 2. The van der Waals surface area contributed by atoms with Gasteiger partial charge in [0.05, 0.1) is 12.1 Å². The lowest BCUT2D eigenvalue weighted by Gasteiger charge is -2.23. The van der Waals surface area contributed by atoms with Crippen LogP contribution < -0.4 is 43.7 Å². The molecule has 0 aliphatic heterocycles. The monoisotopic (exact) mass is 621 g/mol. The Balaban J connectivity index is 1.69. The van der Waals surface area contributed by atoms with Crippen LogP contribution in [-0.4, -0.2) is 55.0 Å². The zero-order valence-electron chi connectivity index (χ0n) is 24.7. The molecule has 0 aliphatic carbocycles. The van der Waals surface area contributed by atoms with Crippen LogP contribution in [0.25, 0.3) is 11.0 Å². The number of carbonyl (C=O) groups excluding carboxylic acids is 3. The molecule has 1 aromatic heterocycles. The van der Waals surface area contributed by atoms with Gasteiger partial charge in [-0.3, -0.25) is 20.4 Å². The molecule has 0 saturated carbocycles. The van der Waals surface area contributed by atoms with E-state index in [9.17, 15) is 19.2 Å². The van der Waals surface area contributed by atoms with E-state index >= 15 is 0 Å². The van der Waals surface area contributed by atoms with E-state index < -0.39 is 35.6 Å². The molecule has 2 aromatic carbocycles. The van der Waals surface area contributed by atoms with Gasteiger partial charge in [0, 0.05) is 18.5 Å². The van der Waals surface area contributed by atoms with Gasteiger partial charge in [-0.15, -0.1) is 0 Å². The predicted octanol–water partition coefficient (Wildman–Crippen LogP) is 0.716. The summed E-state index contributed by atoms with van der Waals surface area (Å²) in [5, 5.41) is 28.6. The van der Waals surface area contributed by atoms with Gasteiger partial charge in [-0.1, -0.05) is 48.5 Å². The summed E-state index contributed by atoms with van der Waals surface area (Å²) in [6, 6.07) is 15.5. The lowest BCUT2D eigenvalue weighted by Crippen LogP contribution is -2.54. The number of rotatable bonds is 16. The topological polar surface area (TPSA) is 251 Å². The molecule has 45 heavy (non-hydrogen) atoms. The first-order chi connectivity index (χ1) is 21.6. The maximum atomic E-state index is 13.4. The largest absolute Gasteiger partial charge is 0.445 e. The fraction of sp³-hybridized carbons (Fsp3) is 0.333. The first kappa shape index (κ1) is 33.9. The quantitative estimate of drug-likeness (QED) is 0.0469. The van der Waals surface area contributed by atoms with Gasteiger partial charge >= 0.3 is 11.7 Å². The Hall–Kier alpha value is -5.60. The van der Waals surface area contributed by atoms with E-state index in [2.05, 4.69) is 26.6 Å². The summed E-state index contributed by atoms with van der Waals surface area (Å²) in [5.74, 6) is -1.68. The second kappa shape index (κ2) is 17.5. The molecule has 0 radical (unpaired) electrons. The summed E-state index contributed by atoms with van der Waals surface area (Å²) >= 11 is 0. The van der Waals surface area contributed by atoms with Gasteiger partial charge in [-0.05, 0) is 43.4 Å². The Morgan fingerprint density at radius 1 is 0.800 bits per heavy atom. The van der Waals surface area contributed by atoms with Crippen molar-refractivity contribution in [2.24, 2.45) is 11.5 Å². The number of fused-ring (bicyclic) bond motifs is 1. The van der Waals surface area contributed by atoms with Crippen LogP contribution in [0.5, 0.6) is 0 Å². The summed E-state index contributed by atoms with van der Waals surface area (Å²) in [5.41, 5.74) is 11.5. The fourth-order valence-corrected chi connectivity index (χ4v) is 4.31. The van der Waals surface area contributed by atoms with E-state index in [0.29, 0.717) is 23.8 Å². The van der Waals surface area contributed by atoms with Crippen molar-refractivity contribution in [1.82, 2.24) is 26.6 Å². The number of hydrogen-bond donors (Lipinski definition) is 9. The van der Waals surface area contributed by atoms with E-state index in [0.717, 1.165) is 5.56 Å². The summed E-state index contributed by atoms with van der Waals surface area (Å²) in [6.07, 6.45) is 0.184. The molecule has 11 N–H and O–H groups in total. The number of alkyl carbamates (subject to hydrolysis) is 1. The van der Waals surface area contributed by atoms with Crippen LogP contribution in [0.4, 0.5) is 4.79 Å². The standard InChI is InChI=1S/C30H39N9O6/c31-28(32)35-14-6-11-22(25(40)37-17-21-16-20-10-4-5-13-24(20)45-27(21)42)38-26(41)23(12-7-15-36-29(33)34)39-30(43)44-18-19-8-2-1-3-9-19/h1-5,8-10,13,16,22-23H,6-7,11-12,14-15,17-18H2,(H,37,40)(H,38,41)(H,39,43)(H4,31,32,35)(H4,33,34,36). The van der Waals surface area contributed by atoms with Crippen LogP contribution in [-0.2, 0) is 27.5 Å². The molecule has 1 heterocycles. The minimum absolute atomic E-state index is 0.0101. The second-order valence-electron chi connectivity index (χ2n) is 10.1. The highest BCUT2D eigenvalue weighted by atomic mass is 16.5. The highest BCUT2D eigenvalue weighted by molar-refractivity contribution is 5.91. The number of hydrogen-bond acceptors (Lipinski definition) is 8. The van der Waals surface area contributed by atoms with E-state index in [1.54, 1.807) is 54.6 Å². The average molecular weight is 622 g/mol. The summed E-state index contributed by atoms with van der Waals surface area (Å²) in [4.78, 5) is 51.8. The van der Waals surface area contributed by atoms with Gasteiger partial charge < -0.3 is 47.2 Å². The van der Waals surface area contributed by atoms with E-state index in [1.165, 1.54) is 0 Å². The summed E-state index contributed by atoms with van der Waals surface area (Å²) in [6.45, 7) is 0.389. The third kappa shape index (κ3) is 11.9. The van der Waals surface area contributed by atoms with Crippen LogP contribution in [0, 0.1) is 10.8 Å². The fourth-order valence-electron chi connectivity index (χ4n) is 4.31. The van der Waals surface area contributed by atoms with E-state index in [-0.39, 0.29) is 56.6 Å². The van der Waals surface area contributed by atoms with Crippen molar-refractivity contribution in [1.29, 1.82) is 10.8 Å². The van der Waals surface area contributed by atoms with Crippen molar-refractivity contribution in [3.63, 3.8) is 0 Å². The highest BCUT2D eigenvalue weighted by Crippen LogP contribution is 2.12. The molecule has 240 valence electrons. The van der Waals surface area contributed by atoms with Crippen molar-refractivity contribution >= 4 is 40.8 Å². The lowest BCUT2D eigenvalue weighted by molar-refractivity contribution is -0.130. The summed E-state index contributed by atoms with van der Waals surface area (Å²) < 4.78 is 10.6. The number of amides is 3. The predicted molar refractivity (Wildman–Crippen MR) is 168 cm³/mol. The zero-order valence-corrected chi connectivity index (χ0v) is 24.7. The number of benzene rings is 2. The SMILES string of the molecule is N=C(N)NCCCC(NC(=O)OCc1ccccc1)C(=O)NC(CCCNC(=N)N)C(=O)NCc1cc2ccccc2oc1=O. The molecule has 3 rings (SSSR count). The number of guanidine groups is 2. The van der Waals surface area contributed by atoms with Crippen LogP contribution in [0.1, 0.15) is 36.8 Å². The Morgan fingerprint density at radius 3 is 2.04 bits per heavy atom. The molecule has 3 amide bonds. The van der Waals surface area contributed by atoms with Crippen molar-refractivity contribution in [2.75, 3.05) is 13.1 Å². The molecule has 0 spiro atoms.